The maximum Gasteiger partial charge on any atom is 0.119 e. The molecule has 0 aliphatic heterocycles. The van der Waals surface area contributed by atoms with E-state index in [-0.39, 0.29) is 12.5 Å². The molecule has 0 saturated carbocycles. The molecule has 0 spiro atoms. The molecule has 1 aromatic carbocycles. The third-order valence-electron chi connectivity index (χ3n) is 2.91. The molecular weight excluding hydrogens is 202 g/mol. The summed E-state index contributed by atoms with van der Waals surface area (Å²) >= 11 is 0. The van der Waals surface area contributed by atoms with Crippen LogP contribution in [0.3, 0.4) is 0 Å². The van der Waals surface area contributed by atoms with Gasteiger partial charge in [0, 0.05) is 6.54 Å². The van der Waals surface area contributed by atoms with Crippen LogP contribution in [0.5, 0.6) is 5.75 Å². The molecule has 3 heteroatoms. The van der Waals surface area contributed by atoms with Gasteiger partial charge < -0.3 is 15.6 Å². The summed E-state index contributed by atoms with van der Waals surface area (Å²) in [7, 11) is 0. The lowest BCUT2D eigenvalue weighted by atomic mass is 9.83. The standard InChI is InChI=1S/C13H21NO2/c1-4-16-12-7-5-6-11(8-12)13(15,9-14)10(2)3/h5-8,10,15H,4,9,14H2,1-3H3. The van der Waals surface area contributed by atoms with Crippen LogP contribution in [-0.4, -0.2) is 18.3 Å². The molecule has 0 aliphatic carbocycles. The fourth-order valence-corrected chi connectivity index (χ4v) is 1.71. The Bertz CT molecular complexity index is 338. The van der Waals surface area contributed by atoms with E-state index in [0.717, 1.165) is 11.3 Å². The average Bonchev–Trinajstić information content (AvgIpc) is 2.28. The molecule has 1 unspecified atom stereocenters. The SMILES string of the molecule is CCOc1cccc(C(O)(CN)C(C)C)c1. The largest absolute Gasteiger partial charge is 0.494 e. The molecule has 16 heavy (non-hydrogen) atoms. The van der Waals surface area contributed by atoms with Crippen molar-refractivity contribution >= 4 is 0 Å². The van der Waals surface area contributed by atoms with E-state index in [1.807, 2.05) is 45.0 Å². The van der Waals surface area contributed by atoms with Crippen LogP contribution in [0.15, 0.2) is 24.3 Å². The van der Waals surface area contributed by atoms with E-state index in [1.54, 1.807) is 0 Å². The second-order valence-electron chi connectivity index (χ2n) is 4.24. The highest BCUT2D eigenvalue weighted by molar-refractivity contribution is 5.33. The molecule has 1 atom stereocenters. The predicted molar refractivity (Wildman–Crippen MR) is 65.4 cm³/mol. The van der Waals surface area contributed by atoms with Crippen LogP contribution in [0.1, 0.15) is 26.3 Å². The van der Waals surface area contributed by atoms with Crippen molar-refractivity contribution in [3.63, 3.8) is 0 Å². The molecule has 0 aliphatic rings. The van der Waals surface area contributed by atoms with Gasteiger partial charge in [0.1, 0.15) is 11.4 Å². The van der Waals surface area contributed by atoms with Gasteiger partial charge in [-0.15, -0.1) is 0 Å². The molecule has 3 N–H and O–H groups in total. The van der Waals surface area contributed by atoms with Crippen molar-refractivity contribution in [3.05, 3.63) is 29.8 Å². The van der Waals surface area contributed by atoms with Gasteiger partial charge in [-0.05, 0) is 30.5 Å². The van der Waals surface area contributed by atoms with Crippen LogP contribution in [-0.2, 0) is 5.60 Å². The highest BCUT2D eigenvalue weighted by atomic mass is 16.5. The summed E-state index contributed by atoms with van der Waals surface area (Å²) in [5, 5.41) is 10.5. The molecule has 90 valence electrons. The quantitative estimate of drug-likeness (QED) is 0.801. The van der Waals surface area contributed by atoms with E-state index in [9.17, 15) is 5.11 Å². The summed E-state index contributed by atoms with van der Waals surface area (Å²) < 4.78 is 5.41. The monoisotopic (exact) mass is 223 g/mol. The number of hydrogen-bond donors (Lipinski definition) is 2. The normalized spacial score (nSPS) is 14.9. The Labute approximate surface area is 97.2 Å². The molecule has 0 heterocycles. The smallest absolute Gasteiger partial charge is 0.119 e. The summed E-state index contributed by atoms with van der Waals surface area (Å²) in [6.45, 7) is 6.68. The number of hydrogen-bond acceptors (Lipinski definition) is 3. The molecule has 0 fully saturated rings. The molecule has 1 rings (SSSR count). The summed E-state index contributed by atoms with van der Waals surface area (Å²) in [5.74, 6) is 0.835. The van der Waals surface area contributed by atoms with Crippen LogP contribution >= 0.6 is 0 Å². The van der Waals surface area contributed by atoms with Gasteiger partial charge >= 0.3 is 0 Å². The third-order valence-corrected chi connectivity index (χ3v) is 2.91. The van der Waals surface area contributed by atoms with Gasteiger partial charge in [-0.25, -0.2) is 0 Å². The Balaban J connectivity index is 3.06. The lowest BCUT2D eigenvalue weighted by Crippen LogP contribution is -2.39. The van der Waals surface area contributed by atoms with E-state index in [4.69, 9.17) is 10.5 Å². The number of benzene rings is 1. The van der Waals surface area contributed by atoms with Crippen molar-refractivity contribution in [3.8, 4) is 5.75 Å². The van der Waals surface area contributed by atoms with Gasteiger partial charge in [-0.2, -0.15) is 0 Å². The van der Waals surface area contributed by atoms with Gasteiger partial charge in [0.2, 0.25) is 0 Å². The number of rotatable bonds is 5. The fourth-order valence-electron chi connectivity index (χ4n) is 1.71. The maximum absolute atomic E-state index is 10.5. The van der Waals surface area contributed by atoms with Gasteiger partial charge in [0.15, 0.2) is 0 Å². The minimum absolute atomic E-state index is 0.0642. The molecule has 1 aromatic rings. The maximum atomic E-state index is 10.5. The van der Waals surface area contributed by atoms with Crippen molar-refractivity contribution in [1.82, 2.24) is 0 Å². The van der Waals surface area contributed by atoms with E-state index >= 15 is 0 Å². The highest BCUT2D eigenvalue weighted by Crippen LogP contribution is 2.30. The zero-order chi connectivity index (χ0) is 12.2. The van der Waals surface area contributed by atoms with Gasteiger partial charge in [-0.1, -0.05) is 26.0 Å². The third kappa shape index (κ3) is 2.54. The number of aliphatic hydroxyl groups is 1. The van der Waals surface area contributed by atoms with Gasteiger partial charge in [0.25, 0.3) is 0 Å². The van der Waals surface area contributed by atoms with Crippen molar-refractivity contribution in [2.24, 2.45) is 11.7 Å². The second kappa shape index (κ2) is 5.32. The van der Waals surface area contributed by atoms with Crippen molar-refractivity contribution in [2.75, 3.05) is 13.2 Å². The van der Waals surface area contributed by atoms with E-state index in [2.05, 4.69) is 0 Å². The molecule has 0 saturated heterocycles. The predicted octanol–water partition coefficient (Wildman–Crippen LogP) is 1.89. The minimum Gasteiger partial charge on any atom is -0.494 e. The Kier molecular flexibility index (Phi) is 4.33. The number of nitrogens with two attached hydrogens (primary N) is 1. The van der Waals surface area contributed by atoms with Crippen LogP contribution < -0.4 is 10.5 Å². The van der Waals surface area contributed by atoms with Crippen LogP contribution in [0, 0.1) is 5.92 Å². The summed E-state index contributed by atoms with van der Waals surface area (Å²) in [4.78, 5) is 0. The summed E-state index contributed by atoms with van der Waals surface area (Å²) in [6.07, 6.45) is 0. The van der Waals surface area contributed by atoms with Crippen molar-refractivity contribution in [2.45, 2.75) is 26.4 Å². The summed E-state index contributed by atoms with van der Waals surface area (Å²) in [5.41, 5.74) is 5.51. The minimum atomic E-state index is -0.979. The molecular formula is C13H21NO2. The van der Waals surface area contributed by atoms with Crippen LogP contribution in [0.4, 0.5) is 0 Å². The number of ether oxygens (including phenoxy) is 1. The first kappa shape index (κ1) is 13.0. The van der Waals surface area contributed by atoms with Crippen molar-refractivity contribution < 1.29 is 9.84 Å². The fraction of sp³-hybridized carbons (Fsp3) is 0.538. The molecule has 0 amide bonds. The molecule has 0 radical (unpaired) electrons. The molecule has 0 bridgehead atoms. The Hall–Kier alpha value is -1.06. The van der Waals surface area contributed by atoms with Gasteiger partial charge in [-0.3, -0.25) is 0 Å². The van der Waals surface area contributed by atoms with Crippen LogP contribution in [0.25, 0.3) is 0 Å². The first-order chi connectivity index (χ1) is 7.54. The average molecular weight is 223 g/mol. The lowest BCUT2D eigenvalue weighted by Gasteiger charge is -2.31. The van der Waals surface area contributed by atoms with E-state index < -0.39 is 5.60 Å². The summed E-state index contributed by atoms with van der Waals surface area (Å²) in [6, 6.07) is 7.50. The van der Waals surface area contributed by atoms with E-state index in [0.29, 0.717) is 6.61 Å². The van der Waals surface area contributed by atoms with Crippen molar-refractivity contribution in [1.29, 1.82) is 0 Å². The Morgan fingerprint density at radius 2 is 2.12 bits per heavy atom. The van der Waals surface area contributed by atoms with Crippen LogP contribution in [0.2, 0.25) is 0 Å². The van der Waals surface area contributed by atoms with E-state index in [1.165, 1.54) is 0 Å². The first-order valence-electron chi connectivity index (χ1n) is 5.70. The second-order valence-corrected chi connectivity index (χ2v) is 4.24. The zero-order valence-corrected chi connectivity index (χ0v) is 10.2. The molecule has 0 aromatic heterocycles. The lowest BCUT2D eigenvalue weighted by molar-refractivity contribution is -0.00133. The first-order valence-corrected chi connectivity index (χ1v) is 5.70. The Morgan fingerprint density at radius 3 is 2.62 bits per heavy atom. The Morgan fingerprint density at radius 1 is 1.44 bits per heavy atom. The molecule has 3 nitrogen and oxygen atoms in total. The zero-order valence-electron chi connectivity index (χ0n) is 10.2. The topological polar surface area (TPSA) is 55.5 Å². The van der Waals surface area contributed by atoms with Gasteiger partial charge in [0.05, 0.1) is 6.61 Å². The highest BCUT2D eigenvalue weighted by Gasteiger charge is 2.31.